The van der Waals surface area contributed by atoms with E-state index in [1.807, 2.05) is 18.2 Å². The Hall–Kier alpha value is -3.67. The number of carbonyl (C=O) groups is 3. The third kappa shape index (κ3) is 4.70. The molecule has 6 heteroatoms. The van der Waals surface area contributed by atoms with Crippen LogP contribution < -0.4 is 5.32 Å². The third-order valence-corrected chi connectivity index (χ3v) is 3.68. The Morgan fingerprint density at radius 1 is 1.04 bits per heavy atom. The summed E-state index contributed by atoms with van der Waals surface area (Å²) < 4.78 is 10.5. The van der Waals surface area contributed by atoms with Gasteiger partial charge in [0.15, 0.2) is 12.4 Å². The summed E-state index contributed by atoms with van der Waals surface area (Å²) in [7, 11) is 0. The number of para-hydroxylation sites is 1. The van der Waals surface area contributed by atoms with Gasteiger partial charge in [0.05, 0.1) is 0 Å². The van der Waals surface area contributed by atoms with Crippen LogP contribution in [0.15, 0.2) is 70.8 Å². The molecular weight excluding hydrogens is 346 g/mol. The van der Waals surface area contributed by atoms with Crippen LogP contribution in [0, 0.1) is 0 Å². The molecule has 0 fully saturated rings. The molecule has 3 aromatic rings. The molecule has 27 heavy (non-hydrogen) atoms. The van der Waals surface area contributed by atoms with Gasteiger partial charge in [0.25, 0.3) is 0 Å². The van der Waals surface area contributed by atoms with E-state index in [0.717, 1.165) is 5.39 Å². The minimum absolute atomic E-state index is 0.0499. The molecule has 3 rings (SSSR count). The molecule has 0 unspecified atom stereocenters. The first kappa shape index (κ1) is 18.1. The van der Waals surface area contributed by atoms with Crippen molar-refractivity contribution < 1.29 is 23.5 Å². The van der Waals surface area contributed by atoms with Crippen LogP contribution in [0.4, 0.5) is 0 Å². The first-order valence-corrected chi connectivity index (χ1v) is 8.26. The van der Waals surface area contributed by atoms with Crippen LogP contribution in [0.3, 0.4) is 0 Å². The van der Waals surface area contributed by atoms with Crippen molar-refractivity contribution in [1.29, 1.82) is 0 Å². The fourth-order valence-electron chi connectivity index (χ4n) is 2.45. The Balaban J connectivity index is 1.70. The van der Waals surface area contributed by atoms with Crippen LogP contribution in [0.2, 0.25) is 0 Å². The zero-order valence-electron chi connectivity index (χ0n) is 14.6. The van der Waals surface area contributed by atoms with Gasteiger partial charge in [-0.05, 0) is 23.8 Å². The van der Waals surface area contributed by atoms with Gasteiger partial charge in [-0.15, -0.1) is 0 Å². The molecule has 0 spiro atoms. The summed E-state index contributed by atoms with van der Waals surface area (Å²) in [4.78, 5) is 35.9. The number of esters is 1. The number of carbonyl (C=O) groups excluding carboxylic acids is 3. The van der Waals surface area contributed by atoms with Gasteiger partial charge in [0.2, 0.25) is 11.7 Å². The lowest BCUT2D eigenvalue weighted by atomic mass is 10.2. The number of rotatable bonds is 6. The van der Waals surface area contributed by atoms with Gasteiger partial charge in [-0.3, -0.25) is 9.59 Å². The van der Waals surface area contributed by atoms with E-state index in [4.69, 9.17) is 9.15 Å². The molecular formula is C21H17NO5. The smallest absolute Gasteiger partial charge is 0.355 e. The summed E-state index contributed by atoms with van der Waals surface area (Å²) in [5.41, 5.74) is 1.24. The lowest BCUT2D eigenvalue weighted by molar-refractivity contribution is -0.139. The predicted molar refractivity (Wildman–Crippen MR) is 99.7 cm³/mol. The van der Waals surface area contributed by atoms with Gasteiger partial charge in [-0.2, -0.15) is 0 Å². The van der Waals surface area contributed by atoms with Crippen molar-refractivity contribution >= 4 is 34.7 Å². The number of hydrogen-bond donors (Lipinski definition) is 1. The van der Waals surface area contributed by atoms with Crippen LogP contribution in [-0.2, 0) is 14.3 Å². The van der Waals surface area contributed by atoms with Crippen LogP contribution in [0.25, 0.3) is 17.0 Å². The maximum Gasteiger partial charge on any atom is 0.355 e. The van der Waals surface area contributed by atoms with Gasteiger partial charge in [-0.1, -0.05) is 48.5 Å². The number of furan rings is 1. The largest absolute Gasteiger partial charge is 0.453 e. The molecule has 0 aliphatic rings. The van der Waals surface area contributed by atoms with E-state index in [1.54, 1.807) is 42.5 Å². The normalized spacial score (nSPS) is 11.2. The van der Waals surface area contributed by atoms with Crippen LogP contribution >= 0.6 is 0 Å². The summed E-state index contributed by atoms with van der Waals surface area (Å²) in [6, 6.07) is 17.8. The molecule has 1 aromatic heterocycles. The second-order valence-corrected chi connectivity index (χ2v) is 5.80. The topological polar surface area (TPSA) is 85.6 Å². The number of amides is 1. The first-order chi connectivity index (χ1) is 13.0. The number of Topliss-reactive ketones (excluding diaryl/α,β-unsaturated/α-hetero) is 1. The van der Waals surface area contributed by atoms with E-state index in [2.05, 4.69) is 5.32 Å². The Bertz CT molecular complexity index is 984. The second kappa shape index (κ2) is 8.14. The number of benzene rings is 2. The lowest BCUT2D eigenvalue weighted by Gasteiger charge is -2.08. The monoisotopic (exact) mass is 363 g/mol. The Kier molecular flexibility index (Phi) is 5.47. The van der Waals surface area contributed by atoms with Crippen LogP contribution in [0.1, 0.15) is 23.0 Å². The molecule has 6 nitrogen and oxygen atoms in total. The Morgan fingerprint density at radius 3 is 2.44 bits per heavy atom. The minimum atomic E-state index is -0.807. The molecule has 0 aliphatic carbocycles. The molecule has 0 saturated heterocycles. The summed E-state index contributed by atoms with van der Waals surface area (Å²) in [5, 5.41) is 3.21. The molecule has 0 saturated carbocycles. The molecule has 1 amide bonds. The fourth-order valence-corrected chi connectivity index (χ4v) is 2.45. The standard InChI is InChI=1S/C21H17NO5/c1-14(23)22-17(11-15-7-3-2-4-8-15)21(25)26-13-18(24)20-12-16-9-5-6-10-19(16)27-20/h2-12H,13H2,1H3,(H,22,23)/b17-11-. The van der Waals surface area contributed by atoms with Crippen molar-refractivity contribution in [3.63, 3.8) is 0 Å². The van der Waals surface area contributed by atoms with Crippen molar-refractivity contribution in [2.75, 3.05) is 6.61 Å². The SMILES string of the molecule is CC(=O)N/C(=C\c1ccccc1)C(=O)OCC(=O)c1cc2ccccc2o1. The van der Waals surface area contributed by atoms with E-state index in [1.165, 1.54) is 13.0 Å². The molecule has 0 aliphatic heterocycles. The van der Waals surface area contributed by atoms with E-state index in [-0.39, 0.29) is 11.5 Å². The highest BCUT2D eigenvalue weighted by atomic mass is 16.5. The molecule has 0 bridgehead atoms. The van der Waals surface area contributed by atoms with Gasteiger partial charge >= 0.3 is 5.97 Å². The molecule has 1 heterocycles. The van der Waals surface area contributed by atoms with Crippen LogP contribution in [-0.4, -0.2) is 24.3 Å². The summed E-state index contributed by atoms with van der Waals surface area (Å²) in [6.07, 6.45) is 1.48. The van der Waals surface area contributed by atoms with Gasteiger partial charge in [0, 0.05) is 12.3 Å². The summed E-state index contributed by atoms with van der Waals surface area (Å²) >= 11 is 0. The van der Waals surface area contributed by atoms with Crippen molar-refractivity contribution in [3.8, 4) is 0 Å². The molecule has 136 valence electrons. The zero-order chi connectivity index (χ0) is 19.2. The number of nitrogens with one attached hydrogen (secondary N) is 1. The average Bonchev–Trinajstić information content (AvgIpc) is 3.10. The average molecular weight is 363 g/mol. The Labute approximate surface area is 155 Å². The van der Waals surface area contributed by atoms with Crippen LogP contribution in [0.5, 0.6) is 0 Å². The number of fused-ring (bicyclic) bond motifs is 1. The minimum Gasteiger partial charge on any atom is -0.453 e. The van der Waals surface area contributed by atoms with E-state index in [9.17, 15) is 14.4 Å². The molecule has 1 N–H and O–H groups in total. The quantitative estimate of drug-likeness (QED) is 0.412. The van der Waals surface area contributed by atoms with Crippen molar-refractivity contribution in [3.05, 3.63) is 77.7 Å². The van der Waals surface area contributed by atoms with Gasteiger partial charge in [-0.25, -0.2) is 4.79 Å². The van der Waals surface area contributed by atoms with E-state index >= 15 is 0 Å². The van der Waals surface area contributed by atoms with Gasteiger partial charge < -0.3 is 14.5 Å². The highest BCUT2D eigenvalue weighted by Gasteiger charge is 2.18. The zero-order valence-corrected chi connectivity index (χ0v) is 14.6. The number of ketones is 1. The third-order valence-electron chi connectivity index (χ3n) is 3.68. The highest BCUT2D eigenvalue weighted by Crippen LogP contribution is 2.19. The highest BCUT2D eigenvalue weighted by molar-refractivity contribution is 6.02. The van der Waals surface area contributed by atoms with E-state index in [0.29, 0.717) is 11.1 Å². The summed E-state index contributed by atoms with van der Waals surface area (Å²) in [5.74, 6) is -1.59. The summed E-state index contributed by atoms with van der Waals surface area (Å²) in [6.45, 7) is 0.788. The first-order valence-electron chi connectivity index (χ1n) is 8.26. The number of hydrogen-bond acceptors (Lipinski definition) is 5. The fraction of sp³-hybridized carbons (Fsp3) is 0.0952. The Morgan fingerprint density at radius 2 is 1.74 bits per heavy atom. The maximum absolute atomic E-state index is 12.3. The van der Waals surface area contributed by atoms with E-state index < -0.39 is 24.3 Å². The second-order valence-electron chi connectivity index (χ2n) is 5.80. The lowest BCUT2D eigenvalue weighted by Crippen LogP contribution is -2.27. The molecule has 2 aromatic carbocycles. The van der Waals surface area contributed by atoms with Crippen molar-refractivity contribution in [2.45, 2.75) is 6.92 Å². The molecule has 0 radical (unpaired) electrons. The van der Waals surface area contributed by atoms with Crippen molar-refractivity contribution in [2.24, 2.45) is 0 Å². The van der Waals surface area contributed by atoms with Crippen molar-refractivity contribution in [1.82, 2.24) is 5.32 Å². The predicted octanol–water partition coefficient (Wildman–Crippen LogP) is 3.34. The molecule has 0 atom stereocenters. The van der Waals surface area contributed by atoms with Gasteiger partial charge in [0.1, 0.15) is 11.3 Å². The maximum atomic E-state index is 12.3. The number of ether oxygens (including phenoxy) is 1.